The third kappa shape index (κ3) is 2.05. The van der Waals surface area contributed by atoms with Gasteiger partial charge in [0, 0.05) is 8.41 Å². The molecule has 0 saturated heterocycles. The molecule has 0 atom stereocenters. The van der Waals surface area contributed by atoms with E-state index in [9.17, 15) is 0 Å². The summed E-state index contributed by atoms with van der Waals surface area (Å²) in [5, 5.41) is 1.91. The summed E-state index contributed by atoms with van der Waals surface area (Å²) in [6.07, 6.45) is 7.36. The lowest BCUT2D eigenvalue weighted by Crippen LogP contribution is -2.13. The van der Waals surface area contributed by atoms with Gasteiger partial charge in [-0.25, -0.2) is 0 Å². The van der Waals surface area contributed by atoms with Gasteiger partial charge in [-0.3, -0.25) is 0 Å². The molecular weight excluding hydrogens is 124 g/mol. The maximum atomic E-state index is 2.42. The van der Waals surface area contributed by atoms with Crippen LogP contribution in [0.25, 0.3) is 0 Å². The van der Waals surface area contributed by atoms with Crippen LogP contribution in [-0.4, -0.2) is 13.6 Å². The first kappa shape index (κ1) is 7.20. The summed E-state index contributed by atoms with van der Waals surface area (Å²) in [5.41, 5.74) is 0. The Bertz CT molecular complexity index is 113. The molecule has 1 heteroatoms. The first-order valence-corrected chi connectivity index (χ1v) is 6.46. The van der Waals surface area contributed by atoms with Crippen molar-refractivity contribution in [1.82, 2.24) is 0 Å². The summed E-state index contributed by atoms with van der Waals surface area (Å²) in [6, 6.07) is 0. The molecule has 0 unspecified atom stereocenters. The van der Waals surface area contributed by atoms with Crippen molar-refractivity contribution < 1.29 is 0 Å². The molecule has 0 radical (unpaired) electrons. The number of hydrogen-bond donors (Lipinski definition) is 0. The van der Waals surface area contributed by atoms with Gasteiger partial charge in [-0.05, 0) is 25.7 Å². The molecule has 0 heterocycles. The molecule has 0 bridgehead atoms. The van der Waals surface area contributed by atoms with Crippen LogP contribution in [-0.2, 0) is 0 Å². The molecule has 0 aliphatic heterocycles. The normalized spacial score (nSPS) is 20.0. The highest BCUT2D eigenvalue weighted by Crippen LogP contribution is 2.14. The molecule has 9 heavy (non-hydrogen) atoms. The maximum Gasteiger partial charge on any atom is 0.00223 e. The standard InChI is InChI=1S/C8H16Si/c1-9(2)8-6-4-3-5-7-8/h3-7H2,1-2H3. The van der Waals surface area contributed by atoms with Gasteiger partial charge in [0.2, 0.25) is 0 Å². The summed E-state index contributed by atoms with van der Waals surface area (Å²) in [5.74, 6) is 0. The minimum atomic E-state index is -0.0186. The van der Waals surface area contributed by atoms with Crippen molar-refractivity contribution in [3.05, 3.63) is 0 Å². The van der Waals surface area contributed by atoms with Crippen LogP contribution in [0.2, 0.25) is 13.1 Å². The van der Waals surface area contributed by atoms with Gasteiger partial charge in [0.25, 0.3) is 0 Å². The van der Waals surface area contributed by atoms with Crippen molar-refractivity contribution in [2.75, 3.05) is 0 Å². The zero-order valence-corrected chi connectivity index (χ0v) is 7.54. The molecule has 1 saturated carbocycles. The summed E-state index contributed by atoms with van der Waals surface area (Å²) in [6.45, 7) is 4.84. The van der Waals surface area contributed by atoms with Crippen molar-refractivity contribution >= 4 is 13.6 Å². The lowest BCUT2D eigenvalue weighted by Gasteiger charge is -2.14. The Kier molecular flexibility index (Phi) is 2.64. The minimum Gasteiger partial charge on any atom is -0.0898 e. The fraction of sp³-hybridized carbons (Fsp3) is 0.875. The lowest BCUT2D eigenvalue weighted by molar-refractivity contribution is 0.674. The van der Waals surface area contributed by atoms with Crippen molar-refractivity contribution in [3.63, 3.8) is 0 Å². The van der Waals surface area contributed by atoms with Crippen LogP contribution in [0.3, 0.4) is 0 Å². The average Bonchev–Trinajstić information content (AvgIpc) is 1.90. The fourth-order valence-electron chi connectivity index (χ4n) is 1.48. The Hall–Kier alpha value is 0.0869. The zero-order valence-electron chi connectivity index (χ0n) is 6.54. The second-order valence-electron chi connectivity index (χ2n) is 3.16. The van der Waals surface area contributed by atoms with E-state index in [1.54, 1.807) is 0 Å². The first-order valence-electron chi connectivity index (χ1n) is 3.96. The fourth-order valence-corrected chi connectivity index (χ4v) is 2.83. The van der Waals surface area contributed by atoms with E-state index in [0.29, 0.717) is 0 Å². The molecule has 1 aliphatic carbocycles. The van der Waals surface area contributed by atoms with E-state index in [4.69, 9.17) is 0 Å². The van der Waals surface area contributed by atoms with Gasteiger partial charge in [-0.2, -0.15) is 0 Å². The van der Waals surface area contributed by atoms with E-state index in [1.165, 1.54) is 32.1 Å². The van der Waals surface area contributed by atoms with Crippen molar-refractivity contribution in [1.29, 1.82) is 0 Å². The van der Waals surface area contributed by atoms with Crippen LogP contribution in [0.4, 0.5) is 0 Å². The summed E-state index contributed by atoms with van der Waals surface area (Å²) in [4.78, 5) is 0. The maximum absolute atomic E-state index is 2.42. The highest BCUT2D eigenvalue weighted by molar-refractivity contribution is 6.69. The molecule has 1 rings (SSSR count). The molecule has 0 aromatic carbocycles. The van der Waals surface area contributed by atoms with Crippen molar-refractivity contribution in [2.24, 2.45) is 0 Å². The quantitative estimate of drug-likeness (QED) is 0.453. The highest BCUT2D eigenvalue weighted by Gasteiger charge is 2.05. The second kappa shape index (κ2) is 3.30. The molecule has 0 spiro atoms. The van der Waals surface area contributed by atoms with Crippen LogP contribution in [0, 0.1) is 0 Å². The van der Waals surface area contributed by atoms with Gasteiger partial charge >= 0.3 is 0 Å². The van der Waals surface area contributed by atoms with Gasteiger partial charge in [0.15, 0.2) is 0 Å². The van der Waals surface area contributed by atoms with Gasteiger partial charge in [-0.15, -0.1) is 0 Å². The van der Waals surface area contributed by atoms with Crippen LogP contribution >= 0.6 is 0 Å². The van der Waals surface area contributed by atoms with E-state index >= 15 is 0 Å². The van der Waals surface area contributed by atoms with E-state index in [2.05, 4.69) is 13.1 Å². The molecule has 0 amide bonds. The molecule has 52 valence electrons. The molecule has 1 aliphatic rings. The Morgan fingerprint density at radius 3 is 1.89 bits per heavy atom. The van der Waals surface area contributed by atoms with Crippen LogP contribution < -0.4 is 0 Å². The Morgan fingerprint density at radius 1 is 1.00 bits per heavy atom. The smallest absolute Gasteiger partial charge is 0.00223 e. The van der Waals surface area contributed by atoms with E-state index in [1.807, 2.05) is 5.17 Å². The minimum absolute atomic E-state index is 0.0186. The van der Waals surface area contributed by atoms with Crippen molar-refractivity contribution in [2.45, 2.75) is 45.2 Å². The Morgan fingerprint density at radius 2 is 1.56 bits per heavy atom. The zero-order chi connectivity index (χ0) is 6.69. The molecule has 0 aromatic rings. The predicted octanol–water partition coefficient (Wildman–Crippen LogP) is 2.46. The third-order valence-electron chi connectivity index (χ3n) is 2.16. The number of rotatable bonds is 0. The lowest BCUT2D eigenvalue weighted by atomic mass is 10.0. The van der Waals surface area contributed by atoms with E-state index in [-0.39, 0.29) is 8.41 Å². The largest absolute Gasteiger partial charge is 0.0898 e. The molecule has 0 N–H and O–H groups in total. The highest BCUT2D eigenvalue weighted by atomic mass is 28.2. The van der Waals surface area contributed by atoms with Gasteiger partial charge in [0.1, 0.15) is 0 Å². The summed E-state index contributed by atoms with van der Waals surface area (Å²) < 4.78 is 0. The second-order valence-corrected chi connectivity index (χ2v) is 5.87. The first-order chi connectivity index (χ1) is 4.30. The van der Waals surface area contributed by atoms with Crippen LogP contribution in [0.15, 0.2) is 0 Å². The Labute approximate surface area is 59.5 Å². The molecule has 0 nitrogen and oxygen atoms in total. The topological polar surface area (TPSA) is 0 Å². The third-order valence-corrected chi connectivity index (χ3v) is 4.08. The van der Waals surface area contributed by atoms with E-state index < -0.39 is 0 Å². The molecule has 0 aromatic heterocycles. The molecule has 1 fully saturated rings. The monoisotopic (exact) mass is 140 g/mol. The van der Waals surface area contributed by atoms with Gasteiger partial charge in [-0.1, -0.05) is 24.7 Å². The molecular formula is C8H16Si. The summed E-state index contributed by atoms with van der Waals surface area (Å²) in [7, 11) is -0.0186. The summed E-state index contributed by atoms with van der Waals surface area (Å²) >= 11 is 0. The van der Waals surface area contributed by atoms with Crippen LogP contribution in [0.5, 0.6) is 0 Å². The van der Waals surface area contributed by atoms with Gasteiger partial charge < -0.3 is 0 Å². The predicted molar refractivity (Wildman–Crippen MR) is 45.6 cm³/mol. The SMILES string of the molecule is C[Si](C)=C1CCCCC1. The van der Waals surface area contributed by atoms with Crippen LogP contribution in [0.1, 0.15) is 32.1 Å². The number of hydrogen-bond acceptors (Lipinski definition) is 0. The Balaban J connectivity index is 2.49. The van der Waals surface area contributed by atoms with E-state index in [0.717, 1.165) is 0 Å². The van der Waals surface area contributed by atoms with Crippen molar-refractivity contribution in [3.8, 4) is 0 Å². The average molecular weight is 140 g/mol. The van der Waals surface area contributed by atoms with Gasteiger partial charge in [0.05, 0.1) is 0 Å².